The summed E-state index contributed by atoms with van der Waals surface area (Å²) in [7, 11) is 0. The van der Waals surface area contributed by atoms with Gasteiger partial charge in [0.15, 0.2) is 11.6 Å². The summed E-state index contributed by atoms with van der Waals surface area (Å²) in [5.74, 6) is -1.77. The molecule has 0 aromatic heterocycles. The van der Waals surface area contributed by atoms with Gasteiger partial charge in [-0.3, -0.25) is 0 Å². The van der Waals surface area contributed by atoms with Gasteiger partial charge in [-0.1, -0.05) is 11.2 Å². The van der Waals surface area contributed by atoms with Crippen LogP contribution in [0.25, 0.3) is 0 Å². The van der Waals surface area contributed by atoms with E-state index in [0.29, 0.717) is 5.56 Å². The van der Waals surface area contributed by atoms with Gasteiger partial charge in [0.2, 0.25) is 0 Å². The van der Waals surface area contributed by atoms with Crippen molar-refractivity contribution in [1.82, 2.24) is 0 Å². The molecule has 0 unspecified atom stereocenters. The van der Waals surface area contributed by atoms with Crippen LogP contribution in [0.15, 0.2) is 23.4 Å². The van der Waals surface area contributed by atoms with E-state index in [1.54, 1.807) is 0 Å². The van der Waals surface area contributed by atoms with Gasteiger partial charge in [-0.2, -0.15) is 0 Å². The van der Waals surface area contributed by atoms with E-state index in [-0.39, 0.29) is 0 Å². The Morgan fingerprint density at radius 2 is 1.87 bits per heavy atom. The van der Waals surface area contributed by atoms with Gasteiger partial charge in [0.1, 0.15) is 5.60 Å². The van der Waals surface area contributed by atoms with Crippen molar-refractivity contribution < 1.29 is 13.6 Å². The van der Waals surface area contributed by atoms with Gasteiger partial charge in [-0.25, -0.2) is 8.78 Å². The first kappa shape index (κ1) is 11.6. The Kier molecular flexibility index (Phi) is 3.39. The topological polar surface area (TPSA) is 21.6 Å². The van der Waals surface area contributed by atoms with Crippen molar-refractivity contribution in [2.24, 2.45) is 5.16 Å². The molecule has 1 aromatic rings. The zero-order valence-corrected chi connectivity index (χ0v) is 8.92. The third-order valence-corrected chi connectivity index (χ3v) is 1.47. The Hall–Kier alpha value is -1.45. The predicted octanol–water partition coefficient (Wildman–Crippen LogP) is 3.11. The van der Waals surface area contributed by atoms with Crippen LogP contribution in [0.3, 0.4) is 0 Å². The van der Waals surface area contributed by atoms with Crippen molar-refractivity contribution in [2.45, 2.75) is 26.4 Å². The van der Waals surface area contributed by atoms with Gasteiger partial charge in [-0.05, 0) is 38.5 Å². The van der Waals surface area contributed by atoms with Gasteiger partial charge >= 0.3 is 0 Å². The summed E-state index contributed by atoms with van der Waals surface area (Å²) in [4.78, 5) is 5.06. The van der Waals surface area contributed by atoms with Crippen molar-refractivity contribution in [3.05, 3.63) is 35.4 Å². The number of hydrogen-bond donors (Lipinski definition) is 0. The minimum Gasteiger partial charge on any atom is -0.390 e. The molecule has 0 bridgehead atoms. The number of hydrogen-bond acceptors (Lipinski definition) is 2. The van der Waals surface area contributed by atoms with Crippen LogP contribution in [0.4, 0.5) is 8.78 Å². The van der Waals surface area contributed by atoms with E-state index in [0.717, 1.165) is 12.1 Å². The lowest BCUT2D eigenvalue weighted by molar-refractivity contribution is 0.00199. The molecule has 1 rings (SSSR count). The van der Waals surface area contributed by atoms with Crippen LogP contribution in [0.5, 0.6) is 0 Å². The zero-order chi connectivity index (χ0) is 11.5. The maximum absolute atomic E-state index is 12.8. The predicted molar refractivity (Wildman–Crippen MR) is 54.8 cm³/mol. The quantitative estimate of drug-likeness (QED) is 0.546. The number of rotatable bonds is 2. The van der Waals surface area contributed by atoms with Gasteiger partial charge in [0.25, 0.3) is 0 Å². The molecule has 0 amide bonds. The highest BCUT2D eigenvalue weighted by atomic mass is 19.2. The molecule has 0 aliphatic heterocycles. The summed E-state index contributed by atoms with van der Waals surface area (Å²) < 4.78 is 25.3. The fraction of sp³-hybridized carbons (Fsp3) is 0.364. The van der Waals surface area contributed by atoms with Crippen LogP contribution in [-0.2, 0) is 4.84 Å². The smallest absolute Gasteiger partial charge is 0.159 e. The highest BCUT2D eigenvalue weighted by Gasteiger charge is 2.09. The average molecular weight is 213 g/mol. The molecule has 0 N–H and O–H groups in total. The summed E-state index contributed by atoms with van der Waals surface area (Å²) in [5.41, 5.74) is 0.0628. The number of benzene rings is 1. The van der Waals surface area contributed by atoms with Crippen LogP contribution in [-0.4, -0.2) is 11.8 Å². The monoisotopic (exact) mass is 213 g/mol. The van der Waals surface area contributed by atoms with Gasteiger partial charge in [0.05, 0.1) is 6.21 Å². The van der Waals surface area contributed by atoms with Gasteiger partial charge in [-0.15, -0.1) is 0 Å². The lowest BCUT2D eigenvalue weighted by Gasteiger charge is -2.14. The molecule has 0 aliphatic carbocycles. The molecular formula is C11H13F2NO. The molecular weight excluding hydrogens is 200 g/mol. The third-order valence-electron chi connectivity index (χ3n) is 1.47. The number of nitrogens with zero attached hydrogens (tertiary/aromatic N) is 1. The maximum atomic E-state index is 12.8. The van der Waals surface area contributed by atoms with Crippen LogP contribution in [0.2, 0.25) is 0 Å². The van der Waals surface area contributed by atoms with Crippen LogP contribution in [0, 0.1) is 11.6 Å². The molecule has 0 fully saturated rings. The lowest BCUT2D eigenvalue weighted by atomic mass is 10.2. The Labute approximate surface area is 87.6 Å². The minimum absolute atomic E-state index is 0.394. The van der Waals surface area contributed by atoms with E-state index >= 15 is 0 Å². The fourth-order valence-electron chi connectivity index (χ4n) is 0.838. The molecule has 0 spiro atoms. The third kappa shape index (κ3) is 4.06. The molecule has 0 aliphatic rings. The second-order valence-electron chi connectivity index (χ2n) is 4.11. The number of halogens is 2. The minimum atomic E-state index is -0.894. The number of oxime groups is 1. The van der Waals surface area contributed by atoms with Crippen molar-refractivity contribution in [3.63, 3.8) is 0 Å². The molecule has 0 heterocycles. The van der Waals surface area contributed by atoms with Gasteiger partial charge in [0, 0.05) is 0 Å². The molecule has 0 atom stereocenters. The Bertz CT molecular complexity index is 369. The maximum Gasteiger partial charge on any atom is 0.159 e. The lowest BCUT2D eigenvalue weighted by Crippen LogP contribution is -2.15. The highest BCUT2D eigenvalue weighted by molar-refractivity contribution is 5.78. The first-order valence-corrected chi connectivity index (χ1v) is 4.55. The summed E-state index contributed by atoms with van der Waals surface area (Å²) in [5, 5.41) is 3.67. The van der Waals surface area contributed by atoms with E-state index in [2.05, 4.69) is 5.16 Å². The Balaban J connectivity index is 2.69. The van der Waals surface area contributed by atoms with Crippen LogP contribution in [0.1, 0.15) is 26.3 Å². The summed E-state index contributed by atoms with van der Waals surface area (Å²) in [6.45, 7) is 5.53. The first-order valence-electron chi connectivity index (χ1n) is 4.55. The van der Waals surface area contributed by atoms with Gasteiger partial charge < -0.3 is 4.84 Å². The summed E-state index contributed by atoms with van der Waals surface area (Å²) in [6.07, 6.45) is 1.34. The van der Waals surface area contributed by atoms with E-state index in [4.69, 9.17) is 4.84 Å². The van der Waals surface area contributed by atoms with Crippen molar-refractivity contribution in [2.75, 3.05) is 0 Å². The van der Waals surface area contributed by atoms with E-state index in [1.807, 2.05) is 20.8 Å². The second-order valence-corrected chi connectivity index (χ2v) is 4.11. The zero-order valence-electron chi connectivity index (χ0n) is 8.92. The van der Waals surface area contributed by atoms with Crippen molar-refractivity contribution in [1.29, 1.82) is 0 Å². The SMILES string of the molecule is CC(C)(C)O/N=C\c1ccc(F)c(F)c1. The first-order chi connectivity index (χ1) is 6.88. The van der Waals surface area contributed by atoms with Crippen LogP contribution >= 0.6 is 0 Å². The average Bonchev–Trinajstić information content (AvgIpc) is 2.09. The van der Waals surface area contributed by atoms with E-state index in [1.165, 1.54) is 12.3 Å². The van der Waals surface area contributed by atoms with Crippen molar-refractivity contribution in [3.8, 4) is 0 Å². The molecule has 15 heavy (non-hydrogen) atoms. The summed E-state index contributed by atoms with van der Waals surface area (Å²) >= 11 is 0. The van der Waals surface area contributed by atoms with E-state index in [9.17, 15) is 8.78 Å². The molecule has 2 nitrogen and oxygen atoms in total. The molecule has 1 aromatic carbocycles. The van der Waals surface area contributed by atoms with Crippen molar-refractivity contribution >= 4 is 6.21 Å². The molecule has 4 heteroatoms. The Morgan fingerprint density at radius 3 is 2.40 bits per heavy atom. The second kappa shape index (κ2) is 4.38. The molecule has 0 saturated heterocycles. The molecule has 82 valence electrons. The summed E-state index contributed by atoms with van der Waals surface area (Å²) in [6, 6.07) is 3.53. The molecule has 0 radical (unpaired) electrons. The van der Waals surface area contributed by atoms with Crippen LogP contribution < -0.4 is 0 Å². The molecule has 0 saturated carbocycles. The highest BCUT2D eigenvalue weighted by Crippen LogP contribution is 2.09. The van der Waals surface area contributed by atoms with E-state index < -0.39 is 17.2 Å². The Morgan fingerprint density at radius 1 is 1.20 bits per heavy atom. The largest absolute Gasteiger partial charge is 0.390 e. The standard InChI is InChI=1S/C11H13F2NO/c1-11(2,3)15-14-7-8-4-5-9(12)10(13)6-8/h4-7H,1-3H3/b14-7-. The fourth-order valence-corrected chi connectivity index (χ4v) is 0.838. The normalized spacial score (nSPS) is 12.1.